The number of halogens is 3. The third-order valence-electron chi connectivity index (χ3n) is 6.55. The highest BCUT2D eigenvalue weighted by Crippen LogP contribution is 2.42. The minimum atomic E-state index is -4.53. The second-order valence-electron chi connectivity index (χ2n) is 8.82. The van der Waals surface area contributed by atoms with Gasteiger partial charge in [-0.2, -0.15) is 13.2 Å². The summed E-state index contributed by atoms with van der Waals surface area (Å²) < 4.78 is 53.5. The molecule has 1 N–H and O–H groups in total. The smallest absolute Gasteiger partial charge is 0.416 e. The Kier molecular flexibility index (Phi) is 7.84. The summed E-state index contributed by atoms with van der Waals surface area (Å²) in [7, 11) is 1.49. The number of aliphatic carboxylic acids is 1. The predicted molar refractivity (Wildman–Crippen MR) is 129 cm³/mol. The molecule has 1 aliphatic rings. The van der Waals surface area contributed by atoms with Crippen molar-refractivity contribution >= 4 is 5.97 Å². The predicted octanol–water partition coefficient (Wildman–Crippen LogP) is 6.18. The molecule has 1 unspecified atom stereocenters. The van der Waals surface area contributed by atoms with Gasteiger partial charge in [-0.3, -0.25) is 9.69 Å². The van der Waals surface area contributed by atoms with Crippen molar-refractivity contribution in [1.29, 1.82) is 0 Å². The molecule has 0 radical (unpaired) electrons. The Morgan fingerprint density at radius 3 is 2.31 bits per heavy atom. The molecule has 0 aliphatic carbocycles. The molecule has 36 heavy (non-hydrogen) atoms. The summed E-state index contributed by atoms with van der Waals surface area (Å²) in [6.07, 6.45) is -3.79. The first kappa shape index (κ1) is 25.6. The zero-order chi connectivity index (χ0) is 25.7. The van der Waals surface area contributed by atoms with Crippen LogP contribution in [0.5, 0.6) is 11.5 Å². The van der Waals surface area contributed by atoms with Gasteiger partial charge in [-0.1, -0.05) is 54.6 Å². The highest BCUT2D eigenvalue weighted by atomic mass is 19.4. The molecule has 3 aromatic rings. The van der Waals surface area contributed by atoms with E-state index in [4.69, 9.17) is 9.47 Å². The third kappa shape index (κ3) is 5.82. The lowest BCUT2D eigenvalue weighted by atomic mass is 9.89. The summed E-state index contributed by atoms with van der Waals surface area (Å²) >= 11 is 0. The number of carboxylic acids is 1. The summed E-state index contributed by atoms with van der Waals surface area (Å²) in [4.78, 5) is 13.4. The van der Waals surface area contributed by atoms with Crippen LogP contribution in [0.3, 0.4) is 0 Å². The van der Waals surface area contributed by atoms with E-state index in [0.717, 1.165) is 11.6 Å². The second kappa shape index (κ2) is 11.0. The number of likely N-dealkylation sites (tertiary alicyclic amines) is 1. The summed E-state index contributed by atoms with van der Waals surface area (Å²) in [6, 6.07) is 19.6. The van der Waals surface area contributed by atoms with Crippen molar-refractivity contribution in [3.63, 3.8) is 0 Å². The van der Waals surface area contributed by atoms with Gasteiger partial charge in [0.05, 0.1) is 24.6 Å². The first-order chi connectivity index (χ1) is 17.3. The number of hydrogen-bond donors (Lipinski definition) is 1. The average molecular weight is 500 g/mol. The molecule has 0 amide bonds. The second-order valence-corrected chi connectivity index (χ2v) is 8.82. The van der Waals surface area contributed by atoms with Crippen LogP contribution in [0, 0.1) is 5.92 Å². The van der Waals surface area contributed by atoms with Crippen LogP contribution in [0.25, 0.3) is 0 Å². The molecule has 4 rings (SSSR count). The molecular formula is C28H28F3NO4. The summed E-state index contributed by atoms with van der Waals surface area (Å²) in [5, 5.41) is 9.38. The molecule has 3 aromatic carbocycles. The lowest BCUT2D eigenvalue weighted by Crippen LogP contribution is -2.39. The number of benzene rings is 3. The van der Waals surface area contributed by atoms with Gasteiger partial charge in [0.1, 0.15) is 6.61 Å². The van der Waals surface area contributed by atoms with Crippen LogP contribution in [0.2, 0.25) is 0 Å². The topological polar surface area (TPSA) is 59.0 Å². The van der Waals surface area contributed by atoms with Gasteiger partial charge in [0.15, 0.2) is 11.5 Å². The largest absolute Gasteiger partial charge is 0.493 e. The molecular weight excluding hydrogens is 471 g/mol. The van der Waals surface area contributed by atoms with E-state index < -0.39 is 29.7 Å². The fourth-order valence-corrected chi connectivity index (χ4v) is 4.69. The van der Waals surface area contributed by atoms with Crippen molar-refractivity contribution in [2.75, 3.05) is 20.2 Å². The maximum absolute atomic E-state index is 14.0. The van der Waals surface area contributed by atoms with Crippen molar-refractivity contribution in [3.05, 3.63) is 95.1 Å². The molecule has 8 heteroatoms. The Morgan fingerprint density at radius 2 is 1.67 bits per heavy atom. The van der Waals surface area contributed by atoms with E-state index in [2.05, 4.69) is 0 Å². The van der Waals surface area contributed by atoms with Crippen LogP contribution < -0.4 is 9.47 Å². The van der Waals surface area contributed by atoms with Crippen LogP contribution in [0.4, 0.5) is 13.2 Å². The van der Waals surface area contributed by atoms with Gasteiger partial charge in [-0.05, 0) is 60.8 Å². The van der Waals surface area contributed by atoms with Crippen LogP contribution in [0.1, 0.15) is 41.1 Å². The van der Waals surface area contributed by atoms with Crippen molar-refractivity contribution in [2.24, 2.45) is 5.92 Å². The van der Waals surface area contributed by atoms with E-state index in [9.17, 15) is 23.1 Å². The third-order valence-corrected chi connectivity index (χ3v) is 6.55. The number of ether oxygens (including phenoxy) is 2. The van der Waals surface area contributed by atoms with E-state index in [1.54, 1.807) is 24.3 Å². The van der Waals surface area contributed by atoms with Gasteiger partial charge >= 0.3 is 12.1 Å². The van der Waals surface area contributed by atoms with Crippen LogP contribution >= 0.6 is 0 Å². The first-order valence-corrected chi connectivity index (χ1v) is 11.8. The quantitative estimate of drug-likeness (QED) is 0.401. The molecule has 1 saturated heterocycles. The van der Waals surface area contributed by atoms with E-state index in [1.807, 2.05) is 35.2 Å². The number of rotatable bonds is 8. The monoisotopic (exact) mass is 499 g/mol. The number of nitrogens with zero attached hydrogens (tertiary/aromatic N) is 1. The van der Waals surface area contributed by atoms with Gasteiger partial charge in [0, 0.05) is 0 Å². The molecule has 0 saturated carbocycles. The number of piperidine rings is 1. The normalized spacial score (nSPS) is 15.9. The molecule has 0 aromatic heterocycles. The fourth-order valence-electron chi connectivity index (χ4n) is 4.69. The van der Waals surface area contributed by atoms with Crippen molar-refractivity contribution < 1.29 is 32.5 Å². The Hall–Kier alpha value is -3.52. The van der Waals surface area contributed by atoms with Gasteiger partial charge in [0.25, 0.3) is 0 Å². The van der Waals surface area contributed by atoms with Crippen molar-refractivity contribution in [2.45, 2.75) is 31.7 Å². The minimum absolute atomic E-state index is 0.124. The van der Waals surface area contributed by atoms with E-state index in [0.29, 0.717) is 49.6 Å². The Morgan fingerprint density at radius 1 is 1.00 bits per heavy atom. The summed E-state index contributed by atoms with van der Waals surface area (Å²) in [5.74, 6) is -0.470. The van der Waals surface area contributed by atoms with E-state index in [1.165, 1.54) is 19.2 Å². The molecule has 5 nitrogen and oxygen atoms in total. The molecule has 0 bridgehead atoms. The maximum Gasteiger partial charge on any atom is 0.416 e. The number of carbonyl (C=O) groups is 1. The summed E-state index contributed by atoms with van der Waals surface area (Å²) in [6.45, 7) is 1.05. The van der Waals surface area contributed by atoms with Crippen LogP contribution in [-0.4, -0.2) is 36.2 Å². The lowest BCUT2D eigenvalue weighted by Gasteiger charge is -2.38. The minimum Gasteiger partial charge on any atom is -0.493 e. The van der Waals surface area contributed by atoms with Gasteiger partial charge in [-0.15, -0.1) is 0 Å². The molecule has 1 aliphatic heterocycles. The summed E-state index contributed by atoms with van der Waals surface area (Å²) in [5.41, 5.74) is 1.00. The highest BCUT2D eigenvalue weighted by molar-refractivity contribution is 5.70. The fraction of sp³-hybridized carbons (Fsp3) is 0.321. The van der Waals surface area contributed by atoms with Gasteiger partial charge < -0.3 is 14.6 Å². The maximum atomic E-state index is 14.0. The average Bonchev–Trinajstić information content (AvgIpc) is 2.88. The zero-order valence-electron chi connectivity index (χ0n) is 19.9. The standard InChI is InChI=1S/C28H28F3NO4/c1-35-25-17-21(11-12-24(25)36-18-19-7-3-2-4-8-19)26(32-15-13-20(14-16-32)27(33)34)22-9-5-6-10-23(22)28(29,30)31/h2-12,17,20,26H,13-16,18H2,1H3,(H,33,34). The van der Waals surface area contributed by atoms with Gasteiger partial charge in [-0.25, -0.2) is 0 Å². The van der Waals surface area contributed by atoms with Crippen LogP contribution in [0.15, 0.2) is 72.8 Å². The van der Waals surface area contributed by atoms with Gasteiger partial charge in [0.2, 0.25) is 0 Å². The Bertz CT molecular complexity index is 1170. The molecule has 1 atom stereocenters. The van der Waals surface area contributed by atoms with Crippen molar-refractivity contribution in [1.82, 2.24) is 4.90 Å². The number of hydrogen-bond acceptors (Lipinski definition) is 4. The SMILES string of the molecule is COc1cc(C(c2ccccc2C(F)(F)F)N2CCC(C(=O)O)CC2)ccc1OCc1ccccc1. The van der Waals surface area contributed by atoms with Crippen molar-refractivity contribution in [3.8, 4) is 11.5 Å². The molecule has 190 valence electrons. The number of carboxylic acid groups (broad SMARTS) is 1. The number of methoxy groups -OCH3 is 1. The highest BCUT2D eigenvalue weighted by Gasteiger charge is 2.38. The molecule has 1 heterocycles. The lowest BCUT2D eigenvalue weighted by molar-refractivity contribution is -0.143. The Balaban J connectivity index is 1.70. The Labute approximate surface area is 208 Å². The molecule has 1 fully saturated rings. The first-order valence-electron chi connectivity index (χ1n) is 11.8. The van der Waals surface area contributed by atoms with E-state index >= 15 is 0 Å². The number of alkyl halides is 3. The van der Waals surface area contributed by atoms with Crippen LogP contribution in [-0.2, 0) is 17.6 Å². The zero-order valence-corrected chi connectivity index (χ0v) is 19.9. The molecule has 0 spiro atoms. The van der Waals surface area contributed by atoms with E-state index in [-0.39, 0.29) is 5.56 Å².